The zero-order valence-corrected chi connectivity index (χ0v) is 12.3. The van der Waals surface area contributed by atoms with E-state index in [0.717, 1.165) is 0 Å². The van der Waals surface area contributed by atoms with E-state index in [9.17, 15) is 0 Å². The molecule has 0 unspecified atom stereocenters. The second-order valence-corrected chi connectivity index (χ2v) is 4.66. The van der Waals surface area contributed by atoms with Gasteiger partial charge in [0.15, 0.2) is 0 Å². The minimum absolute atomic E-state index is 0.224. The van der Waals surface area contributed by atoms with Gasteiger partial charge in [-0.15, -0.1) is 0 Å². The van der Waals surface area contributed by atoms with Crippen LogP contribution >= 0.6 is 11.6 Å². The van der Waals surface area contributed by atoms with E-state index < -0.39 is 0 Å². The molecule has 7 heteroatoms. The molecule has 106 valence electrons. The molecule has 0 saturated heterocycles. The molecule has 1 heterocycles. The van der Waals surface area contributed by atoms with E-state index in [-0.39, 0.29) is 6.01 Å². The summed E-state index contributed by atoms with van der Waals surface area (Å²) in [5.74, 6) is 1.58. The third kappa shape index (κ3) is 3.71. The lowest BCUT2D eigenvalue weighted by Gasteiger charge is -2.13. The molecule has 0 aliphatic carbocycles. The topological polar surface area (TPSA) is 63.2 Å². The van der Waals surface area contributed by atoms with Gasteiger partial charge in [0.25, 0.3) is 0 Å². The first kappa shape index (κ1) is 14.3. The molecule has 1 N–H and O–H groups in total. The molecule has 1 aromatic heterocycles. The van der Waals surface area contributed by atoms with Crippen LogP contribution in [0.2, 0.25) is 5.02 Å². The van der Waals surface area contributed by atoms with Crippen molar-refractivity contribution >= 4 is 23.5 Å². The van der Waals surface area contributed by atoms with E-state index in [2.05, 4.69) is 20.3 Å². The number of ether oxygens (including phenoxy) is 1. The number of hydrogen-bond acceptors (Lipinski definition) is 6. The average Bonchev–Trinajstić information content (AvgIpc) is 2.38. The molecule has 2 aromatic rings. The Hall–Kier alpha value is -2.08. The van der Waals surface area contributed by atoms with Gasteiger partial charge in [0.1, 0.15) is 5.75 Å². The van der Waals surface area contributed by atoms with E-state index in [4.69, 9.17) is 16.3 Å². The predicted octanol–water partition coefficient (Wildman–Crippen LogP) is 2.82. The number of nitrogens with one attached hydrogen (secondary N) is 1. The summed E-state index contributed by atoms with van der Waals surface area (Å²) < 4.78 is 5.62. The van der Waals surface area contributed by atoms with Gasteiger partial charge in [0.05, 0.1) is 0 Å². The lowest BCUT2D eigenvalue weighted by Crippen LogP contribution is -2.15. The number of nitrogens with zero attached hydrogens (tertiary/aromatic N) is 4. The highest BCUT2D eigenvalue weighted by Crippen LogP contribution is 2.23. The van der Waals surface area contributed by atoms with Crippen molar-refractivity contribution in [1.29, 1.82) is 0 Å². The van der Waals surface area contributed by atoms with E-state index in [1.807, 2.05) is 21.0 Å². The van der Waals surface area contributed by atoms with Crippen LogP contribution in [0.25, 0.3) is 0 Å². The largest absolute Gasteiger partial charge is 0.424 e. The van der Waals surface area contributed by atoms with E-state index >= 15 is 0 Å². The van der Waals surface area contributed by atoms with Crippen LogP contribution in [0.5, 0.6) is 11.8 Å². The highest BCUT2D eigenvalue weighted by molar-refractivity contribution is 6.30. The van der Waals surface area contributed by atoms with Crippen LogP contribution in [-0.2, 0) is 0 Å². The molecule has 0 bridgehead atoms. The van der Waals surface area contributed by atoms with Gasteiger partial charge in [-0.05, 0) is 25.1 Å². The molecule has 20 heavy (non-hydrogen) atoms. The number of hydrogen-bond donors (Lipinski definition) is 1. The van der Waals surface area contributed by atoms with Crippen LogP contribution < -0.4 is 15.0 Å². The Labute approximate surface area is 122 Å². The molecule has 0 aliphatic rings. The lowest BCUT2D eigenvalue weighted by atomic mass is 10.3. The molecule has 0 atom stereocenters. The summed E-state index contributed by atoms with van der Waals surface area (Å²) in [7, 11) is 3.71. The predicted molar refractivity (Wildman–Crippen MR) is 79.8 cm³/mol. The number of benzene rings is 1. The molecule has 0 aliphatic heterocycles. The quantitative estimate of drug-likeness (QED) is 0.914. The molecule has 0 spiro atoms. The molecular weight excluding hydrogens is 278 g/mol. The fraction of sp³-hybridized carbons (Fsp3) is 0.308. The van der Waals surface area contributed by atoms with Crippen LogP contribution in [0, 0.1) is 0 Å². The van der Waals surface area contributed by atoms with Crippen molar-refractivity contribution in [2.75, 3.05) is 30.9 Å². The average molecular weight is 294 g/mol. The summed E-state index contributed by atoms with van der Waals surface area (Å²) in [5.41, 5.74) is 0. The SMILES string of the molecule is CCNc1nc(Oc2cccc(Cl)c2)nc(N(C)C)n1. The fourth-order valence-corrected chi connectivity index (χ4v) is 1.64. The summed E-state index contributed by atoms with van der Waals surface area (Å²) >= 11 is 5.92. The number of aromatic nitrogens is 3. The maximum absolute atomic E-state index is 5.92. The monoisotopic (exact) mass is 293 g/mol. The Morgan fingerprint density at radius 1 is 1.25 bits per heavy atom. The highest BCUT2D eigenvalue weighted by atomic mass is 35.5. The Morgan fingerprint density at radius 2 is 2.05 bits per heavy atom. The Kier molecular flexibility index (Phi) is 4.57. The van der Waals surface area contributed by atoms with Gasteiger partial charge in [0.2, 0.25) is 11.9 Å². The molecule has 1 aromatic carbocycles. The van der Waals surface area contributed by atoms with Crippen molar-refractivity contribution in [3.63, 3.8) is 0 Å². The van der Waals surface area contributed by atoms with Crippen molar-refractivity contribution in [2.45, 2.75) is 6.92 Å². The van der Waals surface area contributed by atoms with Crippen molar-refractivity contribution in [2.24, 2.45) is 0 Å². The van der Waals surface area contributed by atoms with Crippen LogP contribution in [0.1, 0.15) is 6.92 Å². The first-order valence-corrected chi connectivity index (χ1v) is 6.57. The molecule has 0 fully saturated rings. The molecule has 0 saturated carbocycles. The van der Waals surface area contributed by atoms with Gasteiger partial charge in [-0.25, -0.2) is 0 Å². The van der Waals surface area contributed by atoms with Crippen LogP contribution in [0.4, 0.5) is 11.9 Å². The third-order valence-corrected chi connectivity index (χ3v) is 2.58. The lowest BCUT2D eigenvalue weighted by molar-refractivity contribution is 0.440. The Bertz CT molecular complexity index is 591. The number of halogens is 1. The second kappa shape index (κ2) is 6.38. The zero-order chi connectivity index (χ0) is 14.5. The fourth-order valence-electron chi connectivity index (χ4n) is 1.46. The minimum Gasteiger partial charge on any atom is -0.424 e. The zero-order valence-electron chi connectivity index (χ0n) is 11.6. The van der Waals surface area contributed by atoms with Gasteiger partial charge in [-0.3, -0.25) is 0 Å². The highest BCUT2D eigenvalue weighted by Gasteiger charge is 2.09. The third-order valence-electron chi connectivity index (χ3n) is 2.34. The number of rotatable bonds is 5. The minimum atomic E-state index is 0.224. The smallest absolute Gasteiger partial charge is 0.328 e. The molecule has 6 nitrogen and oxygen atoms in total. The van der Waals surface area contributed by atoms with E-state index in [1.165, 1.54) is 0 Å². The van der Waals surface area contributed by atoms with Crippen LogP contribution in [-0.4, -0.2) is 35.6 Å². The van der Waals surface area contributed by atoms with Crippen LogP contribution in [0.15, 0.2) is 24.3 Å². The molecule has 0 radical (unpaired) electrons. The van der Waals surface area contributed by atoms with Gasteiger partial charge < -0.3 is 15.0 Å². The summed E-state index contributed by atoms with van der Waals surface area (Å²) in [6, 6.07) is 7.29. The van der Waals surface area contributed by atoms with Crippen LogP contribution in [0.3, 0.4) is 0 Å². The van der Waals surface area contributed by atoms with Gasteiger partial charge >= 0.3 is 6.01 Å². The Morgan fingerprint density at radius 3 is 2.70 bits per heavy atom. The normalized spacial score (nSPS) is 10.2. The van der Waals surface area contributed by atoms with Crippen molar-refractivity contribution < 1.29 is 4.74 Å². The molecule has 2 rings (SSSR count). The maximum Gasteiger partial charge on any atom is 0.328 e. The number of anilines is 2. The van der Waals surface area contributed by atoms with Gasteiger partial charge in [0, 0.05) is 25.7 Å². The summed E-state index contributed by atoms with van der Waals surface area (Å²) in [6.07, 6.45) is 0. The van der Waals surface area contributed by atoms with Crippen molar-refractivity contribution in [3.8, 4) is 11.8 Å². The molecular formula is C13H16ClN5O. The summed E-state index contributed by atoms with van der Waals surface area (Å²) in [6.45, 7) is 2.68. The van der Waals surface area contributed by atoms with E-state index in [1.54, 1.807) is 29.2 Å². The van der Waals surface area contributed by atoms with Gasteiger partial charge in [-0.1, -0.05) is 17.7 Å². The first-order valence-electron chi connectivity index (χ1n) is 6.19. The van der Waals surface area contributed by atoms with Crippen molar-refractivity contribution in [3.05, 3.63) is 29.3 Å². The first-order chi connectivity index (χ1) is 9.58. The maximum atomic E-state index is 5.92. The van der Waals surface area contributed by atoms with Crippen molar-refractivity contribution in [1.82, 2.24) is 15.0 Å². The summed E-state index contributed by atoms with van der Waals surface area (Å²) in [5, 5.41) is 3.64. The standard InChI is InChI=1S/C13H16ClN5O/c1-4-15-11-16-12(19(2)3)18-13(17-11)20-10-7-5-6-9(14)8-10/h5-8H,4H2,1-3H3,(H,15,16,17,18). The van der Waals surface area contributed by atoms with E-state index in [0.29, 0.717) is 29.2 Å². The molecule has 0 amide bonds. The second-order valence-electron chi connectivity index (χ2n) is 4.23. The van der Waals surface area contributed by atoms with Gasteiger partial charge in [-0.2, -0.15) is 15.0 Å². The summed E-state index contributed by atoms with van der Waals surface area (Å²) in [4.78, 5) is 14.5. The Balaban J connectivity index is 2.30.